The average Bonchev–Trinajstić information content (AvgIpc) is 2.90. The van der Waals surface area contributed by atoms with Gasteiger partial charge in [0.1, 0.15) is 0 Å². The number of hydrogen-bond donors (Lipinski definition) is 2. The second-order valence-corrected chi connectivity index (χ2v) is 9.30. The van der Waals surface area contributed by atoms with E-state index in [0.717, 1.165) is 25.7 Å². The first kappa shape index (κ1) is 21.3. The lowest BCUT2D eigenvalue weighted by atomic mass is 9.81. The molecule has 3 amide bonds. The van der Waals surface area contributed by atoms with Crippen LogP contribution < -0.4 is 15.4 Å². The molecule has 3 N–H and O–H groups in total. The van der Waals surface area contributed by atoms with Crippen LogP contribution in [-0.4, -0.2) is 51.7 Å². The van der Waals surface area contributed by atoms with Crippen molar-refractivity contribution in [1.82, 2.24) is 4.90 Å². The molecule has 0 aromatic heterocycles. The average molecular weight is 423 g/mol. The number of anilines is 2. The molecule has 1 saturated carbocycles. The van der Waals surface area contributed by atoms with Gasteiger partial charge in [-0.15, -0.1) is 0 Å². The Morgan fingerprint density at radius 1 is 1.17 bits per heavy atom. The van der Waals surface area contributed by atoms with E-state index in [1.165, 1.54) is 17.0 Å². The highest BCUT2D eigenvalue weighted by molar-refractivity contribution is 7.89. The standard InChI is InChI=1S/C19H26N4O5S/c1-22(2)16-8-7-12(29(20,27)28)11-15(16)21-17(24)9-10-23-18(25)13-5-3-4-6-14(13)19(23)26/h7-8,11,13-14H,3-6,9-10H2,1-2H3,(H,21,24)(H2,20,27,28)/t13-,14-/m1/s1. The van der Waals surface area contributed by atoms with Gasteiger partial charge in [-0.25, -0.2) is 13.6 Å². The summed E-state index contributed by atoms with van der Waals surface area (Å²) in [6.45, 7) is 0.0165. The third-order valence-corrected chi connectivity index (χ3v) is 6.46. The summed E-state index contributed by atoms with van der Waals surface area (Å²) < 4.78 is 23.2. The summed E-state index contributed by atoms with van der Waals surface area (Å²) in [7, 11) is -0.413. The molecule has 0 unspecified atom stereocenters. The van der Waals surface area contributed by atoms with E-state index in [4.69, 9.17) is 5.14 Å². The van der Waals surface area contributed by atoms with Gasteiger partial charge >= 0.3 is 0 Å². The SMILES string of the molecule is CN(C)c1ccc(S(N)(=O)=O)cc1NC(=O)CCN1C(=O)[C@@H]2CCCC[C@H]2C1=O. The number of rotatable bonds is 6. The van der Waals surface area contributed by atoms with E-state index >= 15 is 0 Å². The molecule has 0 bridgehead atoms. The predicted octanol–water partition coefficient (Wildman–Crippen LogP) is 0.904. The predicted molar refractivity (Wildman–Crippen MR) is 108 cm³/mol. The number of benzene rings is 1. The van der Waals surface area contributed by atoms with Crippen LogP contribution in [0.4, 0.5) is 11.4 Å². The summed E-state index contributed by atoms with van der Waals surface area (Å²) in [4.78, 5) is 40.3. The van der Waals surface area contributed by atoms with E-state index in [0.29, 0.717) is 11.4 Å². The van der Waals surface area contributed by atoms with E-state index in [1.54, 1.807) is 25.1 Å². The number of nitrogens with one attached hydrogen (secondary N) is 1. The van der Waals surface area contributed by atoms with Crippen LogP contribution in [0.5, 0.6) is 0 Å². The summed E-state index contributed by atoms with van der Waals surface area (Å²) in [5, 5.41) is 7.85. The monoisotopic (exact) mass is 422 g/mol. The molecule has 0 radical (unpaired) electrons. The topological polar surface area (TPSA) is 130 Å². The lowest BCUT2D eigenvalue weighted by Gasteiger charge is -2.19. The molecule has 2 aliphatic rings. The Morgan fingerprint density at radius 3 is 2.28 bits per heavy atom. The van der Waals surface area contributed by atoms with Crippen molar-refractivity contribution in [2.45, 2.75) is 37.0 Å². The van der Waals surface area contributed by atoms with Crippen LogP contribution in [0.3, 0.4) is 0 Å². The van der Waals surface area contributed by atoms with Gasteiger partial charge in [-0.3, -0.25) is 19.3 Å². The first-order valence-corrected chi connectivity index (χ1v) is 11.1. The molecule has 2 fully saturated rings. The number of nitrogens with two attached hydrogens (primary N) is 1. The molecule has 0 spiro atoms. The third-order valence-electron chi connectivity index (χ3n) is 5.55. The molecule has 10 heteroatoms. The number of nitrogens with zero attached hydrogens (tertiary/aromatic N) is 2. The Bertz CT molecular complexity index is 920. The van der Waals surface area contributed by atoms with Crippen LogP contribution in [0, 0.1) is 11.8 Å². The minimum absolute atomic E-state index is 0.0165. The first-order valence-electron chi connectivity index (χ1n) is 9.59. The van der Waals surface area contributed by atoms with E-state index < -0.39 is 15.9 Å². The fraction of sp³-hybridized carbons (Fsp3) is 0.526. The molecule has 1 aliphatic carbocycles. The van der Waals surface area contributed by atoms with Gasteiger partial charge in [0.25, 0.3) is 0 Å². The number of carbonyl (C=O) groups excluding carboxylic acids is 3. The zero-order chi connectivity index (χ0) is 21.3. The van der Waals surface area contributed by atoms with Crippen LogP contribution in [0.15, 0.2) is 23.1 Å². The lowest BCUT2D eigenvalue weighted by Crippen LogP contribution is -2.34. The van der Waals surface area contributed by atoms with Crippen molar-refractivity contribution < 1.29 is 22.8 Å². The lowest BCUT2D eigenvalue weighted by molar-refractivity contribution is -0.140. The highest BCUT2D eigenvalue weighted by Crippen LogP contribution is 2.38. The number of primary sulfonamides is 1. The molecule has 1 aromatic carbocycles. The quantitative estimate of drug-likeness (QED) is 0.655. The summed E-state index contributed by atoms with van der Waals surface area (Å²) in [5.41, 5.74) is 0.893. The maximum absolute atomic E-state index is 12.5. The zero-order valence-corrected chi connectivity index (χ0v) is 17.4. The number of amides is 3. The molecular weight excluding hydrogens is 396 g/mol. The van der Waals surface area contributed by atoms with Gasteiger partial charge in [0, 0.05) is 27.1 Å². The molecule has 2 atom stereocenters. The molecule has 9 nitrogen and oxygen atoms in total. The van der Waals surface area contributed by atoms with Gasteiger partial charge < -0.3 is 10.2 Å². The maximum atomic E-state index is 12.5. The molecule has 158 valence electrons. The van der Waals surface area contributed by atoms with Gasteiger partial charge in [0.15, 0.2) is 0 Å². The van der Waals surface area contributed by atoms with Crippen LogP contribution in [0.1, 0.15) is 32.1 Å². The summed E-state index contributed by atoms with van der Waals surface area (Å²) in [6.07, 6.45) is 3.28. The summed E-state index contributed by atoms with van der Waals surface area (Å²) in [5.74, 6) is -1.28. The second kappa shape index (κ2) is 8.11. The van der Waals surface area contributed by atoms with Crippen LogP contribution in [-0.2, 0) is 24.4 Å². The maximum Gasteiger partial charge on any atom is 0.238 e. The largest absolute Gasteiger partial charge is 0.376 e. The number of likely N-dealkylation sites (tertiary alicyclic amines) is 1. The van der Waals surface area contributed by atoms with Crippen molar-refractivity contribution in [2.75, 3.05) is 30.9 Å². The molecule has 3 rings (SSSR count). The summed E-state index contributed by atoms with van der Waals surface area (Å²) >= 11 is 0. The van der Waals surface area contributed by atoms with Crippen molar-refractivity contribution in [3.63, 3.8) is 0 Å². The zero-order valence-electron chi connectivity index (χ0n) is 16.6. The minimum atomic E-state index is -3.92. The van der Waals surface area contributed by atoms with E-state index in [9.17, 15) is 22.8 Å². The van der Waals surface area contributed by atoms with Gasteiger partial charge in [0.2, 0.25) is 27.7 Å². The molecule has 1 heterocycles. The highest BCUT2D eigenvalue weighted by atomic mass is 32.2. The second-order valence-electron chi connectivity index (χ2n) is 7.74. The Balaban J connectivity index is 1.69. The highest BCUT2D eigenvalue weighted by Gasteiger charge is 2.47. The van der Waals surface area contributed by atoms with Crippen LogP contribution in [0.25, 0.3) is 0 Å². The molecule has 1 saturated heterocycles. The van der Waals surface area contributed by atoms with E-state index in [1.807, 2.05) is 0 Å². The third kappa shape index (κ3) is 4.43. The smallest absolute Gasteiger partial charge is 0.238 e. The number of fused-ring (bicyclic) bond motifs is 1. The fourth-order valence-corrected chi connectivity index (χ4v) is 4.60. The number of sulfonamides is 1. The molecule has 1 aromatic rings. The Hall–Kier alpha value is -2.46. The van der Waals surface area contributed by atoms with Crippen LogP contribution in [0.2, 0.25) is 0 Å². The van der Waals surface area contributed by atoms with Crippen molar-refractivity contribution in [3.05, 3.63) is 18.2 Å². The van der Waals surface area contributed by atoms with E-state index in [-0.39, 0.29) is 41.5 Å². The van der Waals surface area contributed by atoms with Gasteiger partial charge in [-0.1, -0.05) is 12.8 Å². The van der Waals surface area contributed by atoms with Gasteiger partial charge in [-0.05, 0) is 31.0 Å². The molecule has 1 aliphatic heterocycles. The van der Waals surface area contributed by atoms with Crippen LogP contribution >= 0.6 is 0 Å². The molecule has 29 heavy (non-hydrogen) atoms. The normalized spacial score (nSPS) is 21.8. The van der Waals surface area contributed by atoms with Gasteiger partial charge in [-0.2, -0.15) is 0 Å². The first-order chi connectivity index (χ1) is 13.6. The fourth-order valence-electron chi connectivity index (χ4n) is 4.06. The molecular formula is C19H26N4O5S. The number of carbonyl (C=O) groups is 3. The minimum Gasteiger partial charge on any atom is -0.376 e. The van der Waals surface area contributed by atoms with Crippen molar-refractivity contribution in [3.8, 4) is 0 Å². The van der Waals surface area contributed by atoms with Crippen molar-refractivity contribution >= 4 is 39.1 Å². The van der Waals surface area contributed by atoms with Gasteiger partial charge in [0.05, 0.1) is 28.1 Å². The Morgan fingerprint density at radius 2 is 1.76 bits per heavy atom. The summed E-state index contributed by atoms with van der Waals surface area (Å²) in [6, 6.07) is 4.21. The Kier molecular flexibility index (Phi) is 5.95. The number of hydrogen-bond acceptors (Lipinski definition) is 6. The van der Waals surface area contributed by atoms with Crippen molar-refractivity contribution in [1.29, 1.82) is 0 Å². The van der Waals surface area contributed by atoms with Crippen molar-refractivity contribution in [2.24, 2.45) is 17.0 Å². The number of imide groups is 1. The Labute approximate surface area is 170 Å². The van der Waals surface area contributed by atoms with E-state index in [2.05, 4.69) is 5.32 Å².